The Morgan fingerprint density at radius 2 is 1.80 bits per heavy atom. The molecule has 1 fully saturated rings. The van der Waals surface area contributed by atoms with E-state index in [9.17, 15) is 14.4 Å². The first-order valence-corrected chi connectivity index (χ1v) is 8.41. The number of amides is 2. The summed E-state index contributed by atoms with van der Waals surface area (Å²) in [6.45, 7) is 1.22. The van der Waals surface area contributed by atoms with Gasteiger partial charge in [0.2, 0.25) is 0 Å². The first-order chi connectivity index (χ1) is 12.0. The molecular formula is C18H24N2O5. The lowest BCUT2D eigenvalue weighted by Crippen LogP contribution is -2.42. The predicted molar refractivity (Wildman–Crippen MR) is 91.3 cm³/mol. The first kappa shape index (κ1) is 18.8. The molecule has 1 atom stereocenters. The molecule has 0 aromatic heterocycles. The van der Waals surface area contributed by atoms with Crippen LogP contribution in [-0.2, 0) is 14.3 Å². The van der Waals surface area contributed by atoms with Crippen LogP contribution in [0.3, 0.4) is 0 Å². The number of ether oxygens (including phenoxy) is 2. The molecule has 2 amide bonds. The van der Waals surface area contributed by atoms with Crippen molar-refractivity contribution >= 4 is 17.8 Å². The third kappa shape index (κ3) is 5.77. The molecule has 7 heteroatoms. The molecule has 7 nitrogen and oxygen atoms in total. The Bertz CT molecular complexity index is 608. The zero-order chi connectivity index (χ0) is 18.2. The first-order valence-electron chi connectivity index (χ1n) is 8.41. The lowest BCUT2D eigenvalue weighted by atomic mass is 10.2. The van der Waals surface area contributed by atoms with E-state index in [1.54, 1.807) is 24.3 Å². The van der Waals surface area contributed by atoms with Crippen LogP contribution in [-0.4, -0.2) is 43.6 Å². The summed E-state index contributed by atoms with van der Waals surface area (Å²) in [6, 6.07) is 6.67. The monoisotopic (exact) mass is 348 g/mol. The molecule has 1 aromatic carbocycles. The summed E-state index contributed by atoms with van der Waals surface area (Å²) in [4.78, 5) is 35.7. The van der Waals surface area contributed by atoms with Gasteiger partial charge in [0.25, 0.3) is 11.8 Å². The number of rotatable bonds is 7. The molecule has 2 rings (SSSR count). The Hall–Kier alpha value is -2.57. The summed E-state index contributed by atoms with van der Waals surface area (Å²) in [6.07, 6.45) is 3.26. The normalized spacial score (nSPS) is 15.3. The molecule has 1 aromatic rings. The maximum atomic E-state index is 12.0. The second kappa shape index (κ2) is 9.05. The maximum absolute atomic E-state index is 12.0. The lowest BCUT2D eigenvalue weighted by molar-refractivity contribution is -0.154. The number of carbonyl (C=O) groups excluding carboxylic acids is 3. The highest BCUT2D eigenvalue weighted by atomic mass is 16.5. The maximum Gasteiger partial charge on any atom is 0.326 e. The highest BCUT2D eigenvalue weighted by Crippen LogP contribution is 2.17. The number of carbonyl (C=O) groups is 3. The second-order valence-corrected chi connectivity index (χ2v) is 6.03. The number of esters is 1. The molecule has 0 unspecified atom stereocenters. The topological polar surface area (TPSA) is 93.7 Å². The second-order valence-electron chi connectivity index (χ2n) is 6.03. The van der Waals surface area contributed by atoms with Gasteiger partial charge >= 0.3 is 5.97 Å². The molecule has 136 valence electrons. The average Bonchev–Trinajstić information content (AvgIpc) is 3.12. The summed E-state index contributed by atoms with van der Waals surface area (Å²) in [5, 5.41) is 5.34. The molecule has 0 spiro atoms. The molecular weight excluding hydrogens is 324 g/mol. The van der Waals surface area contributed by atoms with E-state index < -0.39 is 18.0 Å². The molecule has 25 heavy (non-hydrogen) atoms. The van der Waals surface area contributed by atoms with E-state index in [1.807, 2.05) is 0 Å². The number of nitrogens with one attached hydrogen (secondary N) is 2. The fraction of sp³-hybridized carbons (Fsp3) is 0.500. The van der Waals surface area contributed by atoms with E-state index in [1.165, 1.54) is 14.0 Å². The Balaban J connectivity index is 1.73. The van der Waals surface area contributed by atoms with Crippen molar-refractivity contribution in [1.29, 1.82) is 0 Å². The highest BCUT2D eigenvalue weighted by Gasteiger charge is 2.23. The third-order valence-electron chi connectivity index (χ3n) is 4.12. The third-order valence-corrected chi connectivity index (χ3v) is 4.12. The van der Waals surface area contributed by atoms with Crippen LogP contribution < -0.4 is 15.4 Å². The van der Waals surface area contributed by atoms with Crippen molar-refractivity contribution in [2.45, 2.75) is 44.8 Å². The van der Waals surface area contributed by atoms with Gasteiger partial charge in [0.15, 0.2) is 6.10 Å². The predicted octanol–water partition coefficient (Wildman–Crippen LogP) is 1.42. The molecule has 1 saturated carbocycles. The fourth-order valence-electron chi connectivity index (χ4n) is 2.68. The Morgan fingerprint density at radius 1 is 1.16 bits per heavy atom. The van der Waals surface area contributed by atoms with Crippen LogP contribution in [0.4, 0.5) is 0 Å². The minimum Gasteiger partial charge on any atom is -0.497 e. The Kier molecular flexibility index (Phi) is 6.80. The fourth-order valence-corrected chi connectivity index (χ4v) is 2.68. The molecule has 0 aliphatic heterocycles. The van der Waals surface area contributed by atoms with Crippen molar-refractivity contribution in [3.05, 3.63) is 29.8 Å². The van der Waals surface area contributed by atoms with Gasteiger partial charge in [-0.3, -0.25) is 14.4 Å². The van der Waals surface area contributed by atoms with Gasteiger partial charge < -0.3 is 20.1 Å². The van der Waals surface area contributed by atoms with Gasteiger partial charge in [-0.05, 0) is 44.0 Å². The van der Waals surface area contributed by atoms with E-state index in [0.29, 0.717) is 11.3 Å². The molecule has 0 heterocycles. The summed E-state index contributed by atoms with van der Waals surface area (Å²) < 4.78 is 10.1. The van der Waals surface area contributed by atoms with Crippen LogP contribution in [0.1, 0.15) is 43.0 Å². The van der Waals surface area contributed by atoms with Gasteiger partial charge in [-0.15, -0.1) is 0 Å². The van der Waals surface area contributed by atoms with Gasteiger partial charge in [0.1, 0.15) is 12.3 Å². The quantitative estimate of drug-likeness (QED) is 0.727. The van der Waals surface area contributed by atoms with Gasteiger partial charge in [-0.2, -0.15) is 0 Å². The van der Waals surface area contributed by atoms with Crippen molar-refractivity contribution in [2.75, 3.05) is 13.7 Å². The minimum absolute atomic E-state index is 0.170. The number of methoxy groups -OCH3 is 1. The molecule has 2 N–H and O–H groups in total. The van der Waals surface area contributed by atoms with Gasteiger partial charge in [-0.1, -0.05) is 12.8 Å². The SMILES string of the molecule is COc1ccc(C(=O)NCC(=O)O[C@@H](C)C(=O)NC2CCCC2)cc1. The molecule has 1 aliphatic rings. The number of hydrogen-bond donors (Lipinski definition) is 2. The molecule has 1 aliphatic carbocycles. The standard InChI is InChI=1S/C18H24N2O5/c1-12(17(22)20-14-5-3-4-6-14)25-16(21)11-19-18(23)13-7-9-15(24-2)10-8-13/h7-10,12,14H,3-6,11H2,1-2H3,(H,19,23)(H,20,22)/t12-/m0/s1. The number of benzene rings is 1. The van der Waals surface area contributed by atoms with Gasteiger partial charge in [-0.25, -0.2) is 0 Å². The summed E-state index contributed by atoms with van der Waals surface area (Å²) >= 11 is 0. The van der Waals surface area contributed by atoms with Crippen molar-refractivity contribution in [3.8, 4) is 5.75 Å². The van der Waals surface area contributed by atoms with Crippen molar-refractivity contribution in [2.24, 2.45) is 0 Å². The smallest absolute Gasteiger partial charge is 0.326 e. The van der Waals surface area contributed by atoms with Crippen molar-refractivity contribution < 1.29 is 23.9 Å². The largest absolute Gasteiger partial charge is 0.497 e. The van der Waals surface area contributed by atoms with E-state index in [-0.39, 0.29) is 18.5 Å². The van der Waals surface area contributed by atoms with Crippen molar-refractivity contribution in [3.63, 3.8) is 0 Å². The van der Waals surface area contributed by atoms with E-state index in [0.717, 1.165) is 25.7 Å². The van der Waals surface area contributed by atoms with Gasteiger partial charge in [0.05, 0.1) is 7.11 Å². The summed E-state index contributed by atoms with van der Waals surface area (Å²) in [7, 11) is 1.54. The van der Waals surface area contributed by atoms with E-state index in [4.69, 9.17) is 9.47 Å². The van der Waals surface area contributed by atoms with Crippen LogP contribution in [0.5, 0.6) is 5.75 Å². The lowest BCUT2D eigenvalue weighted by Gasteiger charge is -2.17. The number of hydrogen-bond acceptors (Lipinski definition) is 5. The van der Waals surface area contributed by atoms with Crippen LogP contribution >= 0.6 is 0 Å². The zero-order valence-electron chi connectivity index (χ0n) is 14.5. The summed E-state index contributed by atoms with van der Waals surface area (Å²) in [5.74, 6) is -0.724. The molecule has 0 bridgehead atoms. The average molecular weight is 348 g/mol. The van der Waals surface area contributed by atoms with Crippen LogP contribution in [0.15, 0.2) is 24.3 Å². The van der Waals surface area contributed by atoms with E-state index in [2.05, 4.69) is 10.6 Å². The van der Waals surface area contributed by atoms with Gasteiger partial charge in [0, 0.05) is 11.6 Å². The molecule has 0 radical (unpaired) electrons. The Labute approximate surface area is 147 Å². The highest BCUT2D eigenvalue weighted by molar-refractivity contribution is 5.96. The summed E-state index contributed by atoms with van der Waals surface area (Å²) in [5.41, 5.74) is 0.403. The molecule has 0 saturated heterocycles. The van der Waals surface area contributed by atoms with Crippen molar-refractivity contribution in [1.82, 2.24) is 10.6 Å². The van der Waals surface area contributed by atoms with Crippen LogP contribution in [0, 0.1) is 0 Å². The minimum atomic E-state index is -0.883. The van der Waals surface area contributed by atoms with Crippen LogP contribution in [0.2, 0.25) is 0 Å². The zero-order valence-corrected chi connectivity index (χ0v) is 14.5. The Morgan fingerprint density at radius 3 is 2.40 bits per heavy atom. The van der Waals surface area contributed by atoms with Crippen LogP contribution in [0.25, 0.3) is 0 Å². The van der Waals surface area contributed by atoms with E-state index >= 15 is 0 Å².